The van der Waals surface area contributed by atoms with Crippen LogP contribution in [0.2, 0.25) is 0 Å². The molecule has 0 aromatic heterocycles. The first kappa shape index (κ1) is 4.80. The largest absolute Gasteiger partial charge is 0.316 e. The van der Waals surface area contributed by atoms with Crippen LogP contribution >= 0.6 is 0 Å². The van der Waals surface area contributed by atoms with Gasteiger partial charge in [0.15, 0.2) is 0 Å². The van der Waals surface area contributed by atoms with Crippen molar-refractivity contribution in [3.8, 4) is 0 Å². The van der Waals surface area contributed by atoms with Crippen LogP contribution in [0.1, 0.15) is 19.8 Å². The molecule has 0 unspecified atom stereocenters. The standard InChI is InChI=1S/C7H13N/c1-6-2-3-7(6)4-8-5-7/h6,8H,2-5H2,1H3/t6-/m1/s1. The van der Waals surface area contributed by atoms with Gasteiger partial charge in [0.25, 0.3) is 0 Å². The molecule has 1 nitrogen and oxygen atoms in total. The second-order valence-electron chi connectivity index (χ2n) is 3.41. The maximum atomic E-state index is 3.33. The lowest BCUT2D eigenvalue weighted by molar-refractivity contribution is -0.0118. The third kappa shape index (κ3) is 0.368. The van der Waals surface area contributed by atoms with E-state index >= 15 is 0 Å². The summed E-state index contributed by atoms with van der Waals surface area (Å²) in [6.07, 6.45) is 2.96. The zero-order valence-electron chi connectivity index (χ0n) is 5.41. The van der Waals surface area contributed by atoms with Gasteiger partial charge in [-0.3, -0.25) is 0 Å². The Morgan fingerprint density at radius 1 is 1.50 bits per heavy atom. The molecule has 1 saturated heterocycles. The highest BCUT2D eigenvalue weighted by atomic mass is 15.0. The molecule has 0 aromatic carbocycles. The summed E-state index contributed by atoms with van der Waals surface area (Å²) in [4.78, 5) is 0. The third-order valence-corrected chi connectivity index (χ3v) is 3.07. The lowest BCUT2D eigenvalue weighted by Gasteiger charge is -2.55. The maximum Gasteiger partial charge on any atom is 0.00228 e. The summed E-state index contributed by atoms with van der Waals surface area (Å²) in [5.74, 6) is 1.02. The summed E-state index contributed by atoms with van der Waals surface area (Å²) in [6.45, 7) is 4.98. The van der Waals surface area contributed by atoms with E-state index in [0.29, 0.717) is 0 Å². The van der Waals surface area contributed by atoms with Gasteiger partial charge in [0.2, 0.25) is 0 Å². The van der Waals surface area contributed by atoms with Crippen LogP contribution in [0.5, 0.6) is 0 Å². The molecule has 2 aliphatic rings. The Morgan fingerprint density at radius 3 is 2.25 bits per heavy atom. The molecule has 1 saturated carbocycles. The molecular formula is C7H13N. The second kappa shape index (κ2) is 1.27. The van der Waals surface area contributed by atoms with Gasteiger partial charge in [0.05, 0.1) is 0 Å². The van der Waals surface area contributed by atoms with Crippen molar-refractivity contribution in [3.05, 3.63) is 0 Å². The molecule has 1 heteroatoms. The zero-order valence-corrected chi connectivity index (χ0v) is 5.41. The van der Waals surface area contributed by atoms with Crippen LogP contribution in [0.4, 0.5) is 0 Å². The van der Waals surface area contributed by atoms with Crippen molar-refractivity contribution in [3.63, 3.8) is 0 Å². The maximum absolute atomic E-state index is 3.33. The topological polar surface area (TPSA) is 12.0 Å². The van der Waals surface area contributed by atoms with Crippen molar-refractivity contribution in [2.45, 2.75) is 19.8 Å². The van der Waals surface area contributed by atoms with Gasteiger partial charge in [-0.25, -0.2) is 0 Å². The summed E-state index contributed by atoms with van der Waals surface area (Å²) in [5, 5.41) is 3.33. The van der Waals surface area contributed by atoms with E-state index < -0.39 is 0 Å². The third-order valence-electron chi connectivity index (χ3n) is 3.07. The highest BCUT2D eigenvalue weighted by molar-refractivity contribution is 5.02. The fourth-order valence-corrected chi connectivity index (χ4v) is 1.81. The van der Waals surface area contributed by atoms with Crippen LogP contribution in [0.3, 0.4) is 0 Å². The number of nitrogens with one attached hydrogen (secondary N) is 1. The van der Waals surface area contributed by atoms with E-state index in [4.69, 9.17) is 0 Å². The van der Waals surface area contributed by atoms with Crippen molar-refractivity contribution >= 4 is 0 Å². The fraction of sp³-hybridized carbons (Fsp3) is 1.00. The molecule has 1 atom stereocenters. The Balaban J connectivity index is 2.03. The highest BCUT2D eigenvalue weighted by Gasteiger charge is 2.47. The average molecular weight is 111 g/mol. The Kier molecular flexibility index (Phi) is 0.762. The summed E-state index contributed by atoms with van der Waals surface area (Å²) < 4.78 is 0. The highest BCUT2D eigenvalue weighted by Crippen LogP contribution is 2.48. The summed E-state index contributed by atoms with van der Waals surface area (Å²) in [6, 6.07) is 0. The first-order valence-electron chi connectivity index (χ1n) is 3.54. The minimum atomic E-state index is 0.792. The average Bonchev–Trinajstić information content (AvgIpc) is 1.58. The molecule has 1 spiro atoms. The normalized spacial score (nSPS) is 40.9. The molecule has 2 rings (SSSR count). The molecular weight excluding hydrogens is 98.1 g/mol. The van der Waals surface area contributed by atoms with E-state index in [1.807, 2.05) is 0 Å². The van der Waals surface area contributed by atoms with Crippen molar-refractivity contribution in [2.24, 2.45) is 11.3 Å². The van der Waals surface area contributed by atoms with E-state index in [-0.39, 0.29) is 0 Å². The van der Waals surface area contributed by atoms with E-state index in [0.717, 1.165) is 11.3 Å². The van der Waals surface area contributed by atoms with Gasteiger partial charge in [0.1, 0.15) is 0 Å². The smallest absolute Gasteiger partial charge is 0.00228 e. The molecule has 0 aromatic rings. The minimum absolute atomic E-state index is 0.792. The van der Waals surface area contributed by atoms with Gasteiger partial charge >= 0.3 is 0 Å². The SMILES string of the molecule is C[C@@H]1CCC12CNC2. The quantitative estimate of drug-likeness (QED) is 0.492. The van der Waals surface area contributed by atoms with Gasteiger partial charge in [-0.05, 0) is 24.2 Å². The molecule has 0 amide bonds. The van der Waals surface area contributed by atoms with Crippen molar-refractivity contribution in [1.29, 1.82) is 0 Å². The summed E-state index contributed by atoms with van der Waals surface area (Å²) >= 11 is 0. The molecule has 46 valence electrons. The molecule has 0 radical (unpaired) electrons. The molecule has 1 aliphatic carbocycles. The van der Waals surface area contributed by atoms with Crippen LogP contribution in [-0.2, 0) is 0 Å². The van der Waals surface area contributed by atoms with Crippen LogP contribution in [-0.4, -0.2) is 13.1 Å². The summed E-state index contributed by atoms with van der Waals surface area (Å²) in [5.41, 5.74) is 0.792. The monoisotopic (exact) mass is 111 g/mol. The van der Waals surface area contributed by atoms with Crippen LogP contribution in [0.15, 0.2) is 0 Å². The van der Waals surface area contributed by atoms with Crippen molar-refractivity contribution in [2.75, 3.05) is 13.1 Å². The molecule has 1 N–H and O–H groups in total. The lowest BCUT2D eigenvalue weighted by atomic mass is 9.57. The summed E-state index contributed by atoms with van der Waals surface area (Å²) in [7, 11) is 0. The molecule has 0 bridgehead atoms. The van der Waals surface area contributed by atoms with Gasteiger partial charge in [-0.15, -0.1) is 0 Å². The van der Waals surface area contributed by atoms with Crippen LogP contribution in [0, 0.1) is 11.3 Å². The van der Waals surface area contributed by atoms with Gasteiger partial charge < -0.3 is 5.32 Å². The Bertz CT molecular complexity index is 99.4. The van der Waals surface area contributed by atoms with Gasteiger partial charge in [-0.1, -0.05) is 6.92 Å². The molecule has 8 heavy (non-hydrogen) atoms. The van der Waals surface area contributed by atoms with Crippen molar-refractivity contribution < 1.29 is 0 Å². The van der Waals surface area contributed by atoms with E-state index in [1.165, 1.54) is 25.9 Å². The first-order chi connectivity index (χ1) is 3.83. The predicted molar refractivity (Wildman–Crippen MR) is 33.7 cm³/mol. The van der Waals surface area contributed by atoms with E-state index in [9.17, 15) is 0 Å². The Morgan fingerprint density at radius 2 is 2.25 bits per heavy atom. The van der Waals surface area contributed by atoms with Gasteiger partial charge in [0, 0.05) is 13.1 Å². The number of hydrogen-bond acceptors (Lipinski definition) is 1. The molecule has 1 heterocycles. The Hall–Kier alpha value is -0.0400. The second-order valence-corrected chi connectivity index (χ2v) is 3.41. The van der Waals surface area contributed by atoms with E-state index in [2.05, 4.69) is 12.2 Å². The first-order valence-corrected chi connectivity index (χ1v) is 3.54. The van der Waals surface area contributed by atoms with E-state index in [1.54, 1.807) is 0 Å². The fourth-order valence-electron chi connectivity index (χ4n) is 1.81. The number of hydrogen-bond donors (Lipinski definition) is 1. The minimum Gasteiger partial charge on any atom is -0.316 e. The number of rotatable bonds is 0. The lowest BCUT2D eigenvalue weighted by Crippen LogP contribution is -2.61. The van der Waals surface area contributed by atoms with Gasteiger partial charge in [-0.2, -0.15) is 0 Å². The Labute approximate surface area is 50.5 Å². The molecule has 1 aliphatic heterocycles. The van der Waals surface area contributed by atoms with Crippen LogP contribution in [0.25, 0.3) is 0 Å². The zero-order chi connectivity index (χ0) is 5.61. The van der Waals surface area contributed by atoms with Crippen molar-refractivity contribution in [1.82, 2.24) is 5.32 Å². The molecule has 2 fully saturated rings. The van der Waals surface area contributed by atoms with Crippen LogP contribution < -0.4 is 5.32 Å². The predicted octanol–water partition coefficient (Wildman–Crippen LogP) is 1.01.